The first kappa shape index (κ1) is 39.6. The van der Waals surface area contributed by atoms with Gasteiger partial charge in [0.1, 0.15) is 23.2 Å². The van der Waals surface area contributed by atoms with Gasteiger partial charge in [0.2, 0.25) is 17.7 Å². The van der Waals surface area contributed by atoms with Gasteiger partial charge >= 0.3 is 12.1 Å². The molecule has 52 heavy (non-hydrogen) atoms. The molecule has 1 aromatic heterocycles. The molecule has 4 amide bonds. The number of aryl methyl sites for hydroxylation is 1. The van der Waals surface area contributed by atoms with Crippen molar-refractivity contribution in [3.63, 3.8) is 0 Å². The van der Waals surface area contributed by atoms with Crippen molar-refractivity contribution in [1.29, 1.82) is 0 Å². The van der Waals surface area contributed by atoms with E-state index in [4.69, 9.17) is 14.2 Å². The number of methoxy groups -OCH3 is 1. The van der Waals surface area contributed by atoms with Crippen LogP contribution in [-0.2, 0) is 46.5 Å². The predicted molar refractivity (Wildman–Crippen MR) is 195 cm³/mol. The first-order chi connectivity index (χ1) is 24.7. The van der Waals surface area contributed by atoms with E-state index < -0.39 is 53.0 Å². The largest absolute Gasteiger partial charge is 0.467 e. The molecular weight excluding hydrogens is 666 g/mol. The summed E-state index contributed by atoms with van der Waals surface area (Å²) in [5.41, 5.74) is 0.0469. The van der Waals surface area contributed by atoms with E-state index in [1.54, 1.807) is 44.1 Å². The molecule has 0 saturated carbocycles. The molecule has 0 bridgehead atoms. The van der Waals surface area contributed by atoms with Crippen LogP contribution < -0.4 is 16.0 Å². The molecule has 0 radical (unpaired) electrons. The summed E-state index contributed by atoms with van der Waals surface area (Å²) in [5.74, 6) is -2.16. The minimum absolute atomic E-state index is 0.127. The smallest absolute Gasteiger partial charge is 0.408 e. The summed E-state index contributed by atoms with van der Waals surface area (Å²) < 4.78 is 18.0. The van der Waals surface area contributed by atoms with Gasteiger partial charge in [0.15, 0.2) is 0 Å². The summed E-state index contributed by atoms with van der Waals surface area (Å²) in [5, 5.41) is 8.15. The van der Waals surface area contributed by atoms with E-state index >= 15 is 0 Å². The third-order valence-electron chi connectivity index (χ3n) is 8.60. The number of nitrogens with one attached hydrogen (secondary N) is 3. The van der Waals surface area contributed by atoms with E-state index in [1.165, 1.54) is 21.0 Å². The molecule has 4 rings (SSSR count). The van der Waals surface area contributed by atoms with Crippen molar-refractivity contribution in [3.05, 3.63) is 90.3 Å². The highest BCUT2D eigenvalue weighted by Gasteiger charge is 2.38. The number of hydrogen-bond acceptors (Lipinski definition) is 8. The molecule has 3 aromatic rings. The van der Waals surface area contributed by atoms with E-state index in [9.17, 15) is 24.0 Å². The van der Waals surface area contributed by atoms with Gasteiger partial charge in [-0.15, -0.1) is 0 Å². The van der Waals surface area contributed by atoms with Gasteiger partial charge in [-0.2, -0.15) is 0 Å². The van der Waals surface area contributed by atoms with Crippen LogP contribution in [0.4, 0.5) is 10.5 Å². The highest BCUT2D eigenvalue weighted by molar-refractivity contribution is 5.99. The van der Waals surface area contributed by atoms with Crippen molar-refractivity contribution in [1.82, 2.24) is 20.1 Å². The van der Waals surface area contributed by atoms with E-state index in [0.29, 0.717) is 31.6 Å². The van der Waals surface area contributed by atoms with Crippen LogP contribution in [0.3, 0.4) is 0 Å². The van der Waals surface area contributed by atoms with Crippen molar-refractivity contribution in [2.75, 3.05) is 25.6 Å². The summed E-state index contributed by atoms with van der Waals surface area (Å²) in [7, 11) is 1.33. The van der Waals surface area contributed by atoms with Crippen LogP contribution in [0, 0.1) is 0 Å². The fraction of sp³-hybridized carbons (Fsp3) is 0.462. The predicted octanol–water partition coefficient (Wildman–Crippen LogP) is 4.77. The summed E-state index contributed by atoms with van der Waals surface area (Å²) in [6.45, 7) is 9.19. The molecular formula is C39H51N5O8. The van der Waals surface area contributed by atoms with Gasteiger partial charge in [0, 0.05) is 25.5 Å². The number of carbonyl (C=O) groups is 5. The highest BCUT2D eigenvalue weighted by atomic mass is 16.6. The Labute approximate surface area is 305 Å². The number of aromatic nitrogens is 1. The van der Waals surface area contributed by atoms with Gasteiger partial charge < -0.3 is 39.6 Å². The molecule has 1 fully saturated rings. The molecule has 13 nitrogen and oxygen atoms in total. The van der Waals surface area contributed by atoms with Gasteiger partial charge in [-0.05, 0) is 71.1 Å². The zero-order valence-electron chi connectivity index (χ0n) is 30.8. The number of hydrogen-bond donors (Lipinski definition) is 3. The quantitative estimate of drug-likeness (QED) is 0.190. The second-order valence-electron chi connectivity index (χ2n) is 14.4. The third kappa shape index (κ3) is 11.4. The molecule has 2 heterocycles. The number of likely N-dealkylation sites (tertiary alicyclic amines) is 1. The Morgan fingerprint density at radius 3 is 2.25 bits per heavy atom. The van der Waals surface area contributed by atoms with E-state index in [0.717, 1.165) is 17.5 Å². The van der Waals surface area contributed by atoms with Crippen LogP contribution in [0.1, 0.15) is 70.9 Å². The van der Waals surface area contributed by atoms with E-state index in [2.05, 4.69) is 16.0 Å². The fourth-order valence-electron chi connectivity index (χ4n) is 5.90. The molecule has 1 saturated heterocycles. The Morgan fingerprint density at radius 1 is 0.923 bits per heavy atom. The van der Waals surface area contributed by atoms with Gasteiger partial charge in [-0.1, -0.05) is 60.7 Å². The monoisotopic (exact) mass is 717 g/mol. The Morgan fingerprint density at radius 2 is 1.60 bits per heavy atom. The Kier molecular flexibility index (Phi) is 13.6. The Balaban J connectivity index is 1.44. The SMILES string of the molecule is COC(=O)[C@@H]1CCCN1C(=O)C(CCn1ccc(NC(=O)[C@@H](COCc2ccccc2)NC(=O)C(C)(C)NC(=O)OC(C)(C)C)c1)c1ccccc1. The van der Waals surface area contributed by atoms with Gasteiger partial charge in [0.05, 0.1) is 31.9 Å². The molecule has 0 spiro atoms. The van der Waals surface area contributed by atoms with Crippen LogP contribution >= 0.6 is 0 Å². The lowest BCUT2D eigenvalue weighted by Gasteiger charge is -2.29. The second-order valence-corrected chi connectivity index (χ2v) is 14.4. The molecule has 0 aliphatic carbocycles. The van der Waals surface area contributed by atoms with Crippen LogP contribution in [0.25, 0.3) is 0 Å². The Hall–Kier alpha value is -5.17. The van der Waals surface area contributed by atoms with Crippen LogP contribution in [0.15, 0.2) is 79.1 Å². The number of anilines is 1. The zero-order chi connectivity index (χ0) is 37.9. The summed E-state index contributed by atoms with van der Waals surface area (Å²) in [6, 6.07) is 18.9. The summed E-state index contributed by atoms with van der Waals surface area (Å²) in [6.07, 6.45) is 4.51. The summed E-state index contributed by atoms with van der Waals surface area (Å²) in [4.78, 5) is 67.3. The minimum atomic E-state index is -1.41. The minimum Gasteiger partial charge on any atom is -0.467 e. The summed E-state index contributed by atoms with van der Waals surface area (Å²) >= 11 is 0. The average molecular weight is 718 g/mol. The molecule has 13 heteroatoms. The lowest BCUT2D eigenvalue weighted by molar-refractivity contribution is -0.151. The molecule has 3 atom stereocenters. The molecule has 3 N–H and O–H groups in total. The molecule has 280 valence electrons. The normalized spacial score (nSPS) is 15.7. The lowest BCUT2D eigenvalue weighted by Crippen LogP contribution is -2.59. The second kappa shape index (κ2) is 17.9. The fourth-order valence-corrected chi connectivity index (χ4v) is 5.90. The van der Waals surface area contributed by atoms with Crippen molar-refractivity contribution < 1.29 is 38.2 Å². The maximum absolute atomic E-state index is 13.9. The topological polar surface area (TPSA) is 157 Å². The van der Waals surface area contributed by atoms with E-state index in [-0.39, 0.29) is 19.1 Å². The highest BCUT2D eigenvalue weighted by Crippen LogP contribution is 2.29. The number of benzene rings is 2. The molecule has 1 aliphatic heterocycles. The van der Waals surface area contributed by atoms with Crippen LogP contribution in [0.5, 0.6) is 0 Å². The van der Waals surface area contributed by atoms with Gasteiger partial charge in [-0.3, -0.25) is 14.4 Å². The van der Waals surface area contributed by atoms with Crippen molar-refractivity contribution in [2.45, 2.75) is 96.2 Å². The number of rotatable bonds is 15. The Bertz CT molecular complexity index is 1670. The number of ether oxygens (including phenoxy) is 3. The van der Waals surface area contributed by atoms with Crippen molar-refractivity contribution in [3.8, 4) is 0 Å². The van der Waals surface area contributed by atoms with Crippen LogP contribution in [-0.4, -0.2) is 82.7 Å². The van der Waals surface area contributed by atoms with Crippen molar-refractivity contribution >= 4 is 35.5 Å². The number of esters is 1. The number of nitrogens with zero attached hydrogens (tertiary/aromatic N) is 2. The maximum atomic E-state index is 13.9. The maximum Gasteiger partial charge on any atom is 0.408 e. The number of amides is 4. The van der Waals surface area contributed by atoms with Crippen molar-refractivity contribution in [2.24, 2.45) is 0 Å². The zero-order valence-corrected chi connectivity index (χ0v) is 30.8. The average Bonchev–Trinajstić information content (AvgIpc) is 3.77. The first-order valence-electron chi connectivity index (χ1n) is 17.5. The lowest BCUT2D eigenvalue weighted by atomic mass is 9.93. The number of alkyl carbamates (subject to hydrolysis) is 1. The molecule has 1 unspecified atom stereocenters. The van der Waals surface area contributed by atoms with Gasteiger partial charge in [0.25, 0.3) is 0 Å². The standard InChI is InChI=1S/C39H51N5O8/c1-38(2,3)52-37(49)42-39(4,5)36(48)41-31(26-51-25-27-14-9-7-10-15-27)33(45)40-29-19-22-43(24-29)23-20-30(28-16-11-8-12-17-28)34(46)44-21-13-18-32(44)35(47)50-6/h7-12,14-17,19,22,24,30-32H,13,18,20-21,23,25-26H2,1-6H3,(H,40,45)(H,41,48)(H,42,49)/t30?,31-,32+/m1/s1. The third-order valence-corrected chi connectivity index (χ3v) is 8.60. The first-order valence-corrected chi connectivity index (χ1v) is 17.5. The molecule has 1 aliphatic rings. The van der Waals surface area contributed by atoms with Gasteiger partial charge in [-0.25, -0.2) is 9.59 Å². The molecule has 2 aromatic carbocycles. The van der Waals surface area contributed by atoms with Crippen LogP contribution in [0.2, 0.25) is 0 Å². The van der Waals surface area contributed by atoms with E-state index in [1.807, 2.05) is 65.2 Å². The number of carbonyl (C=O) groups excluding carboxylic acids is 5.